The van der Waals surface area contributed by atoms with Crippen LogP contribution in [0.5, 0.6) is 0 Å². The first-order chi connectivity index (χ1) is 10.1. The van der Waals surface area contributed by atoms with Gasteiger partial charge in [-0.2, -0.15) is 0 Å². The third kappa shape index (κ3) is 3.26. The maximum Gasteiger partial charge on any atom is 0.0649 e. The molecule has 1 nitrogen and oxygen atoms in total. The van der Waals surface area contributed by atoms with Crippen molar-refractivity contribution in [3.63, 3.8) is 0 Å². The molecule has 0 aliphatic heterocycles. The molecular formula is C18H18Cl2O. The van der Waals surface area contributed by atoms with Crippen molar-refractivity contribution >= 4 is 23.2 Å². The largest absolute Gasteiger partial charge is 0.392 e. The zero-order valence-corrected chi connectivity index (χ0v) is 13.2. The standard InChI is InChI=1S/C18H18Cl2O/c19-14-9-8-13(17(20)11-14)10-18(21)16-7-3-5-12-4-1-2-6-15(12)16/h1-2,4,6,8-9,11,16,18,21H,3,5,7,10H2. The van der Waals surface area contributed by atoms with Gasteiger partial charge in [-0.05, 0) is 48.1 Å². The summed E-state index contributed by atoms with van der Waals surface area (Å²) in [6, 6.07) is 13.9. The number of aliphatic hydroxyl groups excluding tert-OH is 1. The topological polar surface area (TPSA) is 20.2 Å². The van der Waals surface area contributed by atoms with Gasteiger partial charge in [0.1, 0.15) is 0 Å². The second kappa shape index (κ2) is 6.39. The summed E-state index contributed by atoms with van der Waals surface area (Å²) < 4.78 is 0. The van der Waals surface area contributed by atoms with Crippen molar-refractivity contribution in [1.82, 2.24) is 0 Å². The number of hydrogen-bond donors (Lipinski definition) is 1. The van der Waals surface area contributed by atoms with Crippen molar-refractivity contribution in [2.45, 2.75) is 37.7 Å². The Hall–Kier alpha value is -1.02. The van der Waals surface area contributed by atoms with E-state index in [-0.39, 0.29) is 5.92 Å². The van der Waals surface area contributed by atoms with Gasteiger partial charge in [-0.3, -0.25) is 0 Å². The smallest absolute Gasteiger partial charge is 0.0649 e. The second-order valence-electron chi connectivity index (χ2n) is 5.70. The quantitative estimate of drug-likeness (QED) is 0.842. The van der Waals surface area contributed by atoms with Crippen LogP contribution < -0.4 is 0 Å². The molecule has 3 rings (SSSR count). The minimum atomic E-state index is -0.412. The lowest BCUT2D eigenvalue weighted by molar-refractivity contribution is 0.134. The number of aliphatic hydroxyl groups is 1. The van der Waals surface area contributed by atoms with Crippen molar-refractivity contribution in [2.75, 3.05) is 0 Å². The summed E-state index contributed by atoms with van der Waals surface area (Å²) in [5.74, 6) is 0.196. The highest BCUT2D eigenvalue weighted by Gasteiger charge is 2.26. The van der Waals surface area contributed by atoms with Gasteiger partial charge >= 0.3 is 0 Å². The maximum absolute atomic E-state index is 10.7. The van der Waals surface area contributed by atoms with E-state index in [0.29, 0.717) is 16.5 Å². The van der Waals surface area contributed by atoms with Gasteiger partial charge in [0.25, 0.3) is 0 Å². The molecule has 1 N–H and O–H groups in total. The zero-order valence-electron chi connectivity index (χ0n) is 11.7. The fourth-order valence-corrected chi connectivity index (χ4v) is 3.73. The molecule has 0 aromatic heterocycles. The van der Waals surface area contributed by atoms with Crippen molar-refractivity contribution < 1.29 is 5.11 Å². The average molecular weight is 321 g/mol. The SMILES string of the molecule is OC(Cc1ccc(Cl)cc1Cl)C1CCCc2ccccc21. The Morgan fingerprint density at radius 1 is 1.14 bits per heavy atom. The molecule has 0 bridgehead atoms. The summed E-state index contributed by atoms with van der Waals surface area (Å²) in [5.41, 5.74) is 3.62. The zero-order chi connectivity index (χ0) is 14.8. The lowest BCUT2D eigenvalue weighted by Gasteiger charge is -2.29. The Bertz CT molecular complexity index is 639. The highest BCUT2D eigenvalue weighted by molar-refractivity contribution is 6.35. The second-order valence-corrected chi connectivity index (χ2v) is 6.55. The molecule has 0 saturated carbocycles. The fourth-order valence-electron chi connectivity index (χ4n) is 3.25. The summed E-state index contributed by atoms with van der Waals surface area (Å²) in [5, 5.41) is 11.9. The summed E-state index contributed by atoms with van der Waals surface area (Å²) in [6.07, 6.45) is 3.43. The first-order valence-electron chi connectivity index (χ1n) is 7.35. The van der Waals surface area contributed by atoms with Gasteiger partial charge in [-0.15, -0.1) is 0 Å². The minimum Gasteiger partial charge on any atom is -0.392 e. The summed E-state index contributed by atoms with van der Waals surface area (Å²) in [6.45, 7) is 0. The van der Waals surface area contributed by atoms with Crippen LogP contribution in [-0.2, 0) is 12.8 Å². The number of halogens is 2. The van der Waals surface area contributed by atoms with Gasteiger partial charge in [-0.1, -0.05) is 53.5 Å². The van der Waals surface area contributed by atoms with E-state index in [4.69, 9.17) is 23.2 Å². The van der Waals surface area contributed by atoms with Crippen molar-refractivity contribution in [2.24, 2.45) is 0 Å². The highest BCUT2D eigenvalue weighted by Crippen LogP contribution is 2.35. The maximum atomic E-state index is 10.7. The summed E-state index contributed by atoms with van der Waals surface area (Å²) in [4.78, 5) is 0. The van der Waals surface area contributed by atoms with E-state index < -0.39 is 6.10 Å². The lowest BCUT2D eigenvalue weighted by Crippen LogP contribution is -2.25. The van der Waals surface area contributed by atoms with Crippen LogP contribution in [0.25, 0.3) is 0 Å². The number of hydrogen-bond acceptors (Lipinski definition) is 1. The average Bonchev–Trinajstić information content (AvgIpc) is 2.49. The molecule has 1 aliphatic carbocycles. The van der Waals surface area contributed by atoms with Crippen LogP contribution in [0, 0.1) is 0 Å². The van der Waals surface area contributed by atoms with Gasteiger partial charge in [0.15, 0.2) is 0 Å². The molecule has 2 atom stereocenters. The van der Waals surface area contributed by atoms with Crippen LogP contribution in [0.15, 0.2) is 42.5 Å². The number of benzene rings is 2. The molecule has 21 heavy (non-hydrogen) atoms. The van der Waals surface area contributed by atoms with E-state index in [9.17, 15) is 5.11 Å². The summed E-state index contributed by atoms with van der Waals surface area (Å²) in [7, 11) is 0. The number of rotatable bonds is 3. The van der Waals surface area contributed by atoms with Crippen LogP contribution in [0.4, 0.5) is 0 Å². The highest BCUT2D eigenvalue weighted by atomic mass is 35.5. The minimum absolute atomic E-state index is 0.196. The lowest BCUT2D eigenvalue weighted by atomic mass is 9.78. The van der Waals surface area contributed by atoms with Gasteiger partial charge in [0.05, 0.1) is 6.10 Å². The van der Waals surface area contributed by atoms with E-state index in [1.807, 2.05) is 12.1 Å². The van der Waals surface area contributed by atoms with Gasteiger partial charge in [-0.25, -0.2) is 0 Å². The molecule has 2 unspecified atom stereocenters. The Morgan fingerprint density at radius 3 is 2.76 bits per heavy atom. The first-order valence-corrected chi connectivity index (χ1v) is 8.10. The Morgan fingerprint density at radius 2 is 1.95 bits per heavy atom. The predicted octanol–water partition coefficient (Wildman–Crippen LogP) is 5.02. The van der Waals surface area contributed by atoms with E-state index in [2.05, 4.69) is 24.3 Å². The number of fused-ring (bicyclic) bond motifs is 1. The van der Waals surface area contributed by atoms with Crippen molar-refractivity contribution in [3.05, 3.63) is 69.2 Å². The van der Waals surface area contributed by atoms with Crippen LogP contribution in [0.3, 0.4) is 0 Å². The Labute approximate surface area is 135 Å². The Balaban J connectivity index is 1.81. The van der Waals surface area contributed by atoms with E-state index >= 15 is 0 Å². The van der Waals surface area contributed by atoms with Gasteiger partial charge in [0, 0.05) is 22.4 Å². The molecule has 1 aliphatic rings. The van der Waals surface area contributed by atoms with E-state index in [0.717, 1.165) is 24.8 Å². The van der Waals surface area contributed by atoms with E-state index in [1.54, 1.807) is 6.07 Å². The molecule has 0 heterocycles. The van der Waals surface area contributed by atoms with Gasteiger partial charge in [0.2, 0.25) is 0 Å². The normalized spacial score (nSPS) is 19.1. The molecule has 0 spiro atoms. The van der Waals surface area contributed by atoms with Crippen molar-refractivity contribution in [1.29, 1.82) is 0 Å². The van der Waals surface area contributed by atoms with Crippen LogP contribution in [0.1, 0.15) is 35.4 Å². The molecule has 0 fully saturated rings. The van der Waals surface area contributed by atoms with E-state index in [1.165, 1.54) is 11.1 Å². The van der Waals surface area contributed by atoms with Crippen LogP contribution in [0.2, 0.25) is 10.0 Å². The Kier molecular flexibility index (Phi) is 4.54. The fraction of sp³-hybridized carbons (Fsp3) is 0.333. The number of aryl methyl sites for hydroxylation is 1. The van der Waals surface area contributed by atoms with Crippen LogP contribution >= 0.6 is 23.2 Å². The molecule has 2 aromatic carbocycles. The molecule has 0 saturated heterocycles. The third-order valence-electron chi connectivity index (χ3n) is 4.32. The molecule has 3 heteroatoms. The van der Waals surface area contributed by atoms with Crippen molar-refractivity contribution in [3.8, 4) is 0 Å². The molecule has 0 amide bonds. The molecule has 0 radical (unpaired) electrons. The first kappa shape index (κ1) is 14.9. The third-order valence-corrected chi connectivity index (χ3v) is 4.91. The van der Waals surface area contributed by atoms with Gasteiger partial charge < -0.3 is 5.11 Å². The molecule has 2 aromatic rings. The summed E-state index contributed by atoms with van der Waals surface area (Å²) >= 11 is 12.1. The molecular weight excluding hydrogens is 303 g/mol. The van der Waals surface area contributed by atoms with Crippen LogP contribution in [-0.4, -0.2) is 11.2 Å². The predicted molar refractivity (Wildman–Crippen MR) is 88.3 cm³/mol. The monoisotopic (exact) mass is 320 g/mol. The molecule has 110 valence electrons.